The van der Waals surface area contributed by atoms with Gasteiger partial charge in [0.25, 0.3) is 0 Å². The lowest BCUT2D eigenvalue weighted by Gasteiger charge is -2.15. The van der Waals surface area contributed by atoms with E-state index in [-0.39, 0.29) is 43.3 Å². The predicted molar refractivity (Wildman–Crippen MR) is 117 cm³/mol. The quantitative estimate of drug-likeness (QED) is 0.415. The molecule has 1 aromatic carbocycles. The van der Waals surface area contributed by atoms with Crippen LogP contribution in [0.15, 0.2) is 36.9 Å². The highest BCUT2D eigenvalue weighted by molar-refractivity contribution is 7.93. The van der Waals surface area contributed by atoms with E-state index in [9.17, 15) is 21.6 Å². The molecule has 3 aromatic rings. The number of benzene rings is 1. The van der Waals surface area contributed by atoms with Crippen LogP contribution in [0.3, 0.4) is 0 Å². The summed E-state index contributed by atoms with van der Waals surface area (Å²) in [6, 6.07) is 4.73. The third-order valence-corrected chi connectivity index (χ3v) is 7.01. The molecule has 0 radical (unpaired) electrons. The second-order valence-corrected chi connectivity index (χ2v) is 9.73. The highest BCUT2D eigenvalue weighted by Crippen LogP contribution is 2.41. The summed E-state index contributed by atoms with van der Waals surface area (Å²) in [4.78, 5) is 15.3. The van der Waals surface area contributed by atoms with Crippen LogP contribution < -0.4 is 23.7 Å². The van der Waals surface area contributed by atoms with E-state index in [2.05, 4.69) is 24.7 Å². The molecule has 0 unspecified atom stereocenters. The first-order chi connectivity index (χ1) is 17.2. The van der Waals surface area contributed by atoms with E-state index in [1.807, 2.05) is 0 Å². The SMILES string of the molecule is O=S(=O)(Nc1ncnc(OCCOc2ncc(C(F)(F)F)cn2)c1-c1ccc2c(c1)OCO2)C1CC1. The lowest BCUT2D eigenvalue weighted by Crippen LogP contribution is -2.19. The minimum Gasteiger partial charge on any atom is -0.473 e. The van der Waals surface area contributed by atoms with E-state index in [1.54, 1.807) is 18.2 Å². The minimum absolute atomic E-state index is 0.0257. The first-order valence-electron chi connectivity index (χ1n) is 10.6. The summed E-state index contributed by atoms with van der Waals surface area (Å²) in [6.07, 6.45) is -1.05. The van der Waals surface area contributed by atoms with Crippen LogP contribution in [0.1, 0.15) is 18.4 Å². The average Bonchev–Trinajstić information content (AvgIpc) is 3.60. The Kier molecular flexibility index (Phi) is 6.15. The fourth-order valence-electron chi connectivity index (χ4n) is 3.27. The molecule has 1 fully saturated rings. The van der Waals surface area contributed by atoms with Crippen molar-refractivity contribution in [1.82, 2.24) is 19.9 Å². The monoisotopic (exact) mass is 525 g/mol. The third kappa shape index (κ3) is 5.19. The number of nitrogens with zero attached hydrogens (tertiary/aromatic N) is 4. The number of hydrogen-bond acceptors (Lipinski definition) is 10. The first-order valence-corrected chi connectivity index (χ1v) is 12.2. The van der Waals surface area contributed by atoms with Gasteiger partial charge < -0.3 is 18.9 Å². The Morgan fingerprint density at radius 1 is 1.00 bits per heavy atom. The number of aromatic nitrogens is 4. The van der Waals surface area contributed by atoms with Gasteiger partial charge in [0.15, 0.2) is 17.3 Å². The number of rotatable bonds is 9. The van der Waals surface area contributed by atoms with Gasteiger partial charge in [-0.1, -0.05) is 6.07 Å². The van der Waals surface area contributed by atoms with Gasteiger partial charge >= 0.3 is 12.2 Å². The van der Waals surface area contributed by atoms with Crippen LogP contribution in [0.4, 0.5) is 19.0 Å². The summed E-state index contributed by atoms with van der Waals surface area (Å²) in [5.41, 5.74) is -0.220. The number of ether oxygens (including phenoxy) is 4. The normalized spacial score (nSPS) is 15.0. The molecule has 5 rings (SSSR count). The molecule has 2 aromatic heterocycles. The number of alkyl halides is 3. The maximum Gasteiger partial charge on any atom is 0.419 e. The van der Waals surface area contributed by atoms with Crippen LogP contribution in [-0.2, 0) is 16.2 Å². The summed E-state index contributed by atoms with van der Waals surface area (Å²) >= 11 is 0. The zero-order chi connectivity index (χ0) is 25.3. The van der Waals surface area contributed by atoms with Crippen LogP contribution in [0.25, 0.3) is 11.1 Å². The molecule has 2 aliphatic rings. The number of nitrogens with one attached hydrogen (secondary N) is 1. The van der Waals surface area contributed by atoms with Crippen LogP contribution in [-0.4, -0.2) is 53.6 Å². The first kappa shape index (κ1) is 23.8. The summed E-state index contributed by atoms with van der Waals surface area (Å²) in [5, 5.41) is -0.487. The molecule has 0 spiro atoms. The molecule has 11 nitrogen and oxygen atoms in total. The molecule has 1 aliphatic heterocycles. The van der Waals surface area contributed by atoms with Crippen molar-refractivity contribution in [2.24, 2.45) is 0 Å². The molecule has 36 heavy (non-hydrogen) atoms. The number of halogens is 3. The summed E-state index contributed by atoms with van der Waals surface area (Å²) < 4.78 is 87.3. The zero-order valence-corrected chi connectivity index (χ0v) is 19.2. The molecule has 1 aliphatic carbocycles. The second-order valence-electron chi connectivity index (χ2n) is 7.77. The lowest BCUT2D eigenvalue weighted by molar-refractivity contribution is -0.138. The summed E-state index contributed by atoms with van der Waals surface area (Å²) in [7, 11) is -3.65. The highest BCUT2D eigenvalue weighted by atomic mass is 32.2. The molecular formula is C21H18F3N5O6S. The number of anilines is 1. The third-order valence-electron chi connectivity index (χ3n) is 5.18. The largest absolute Gasteiger partial charge is 0.473 e. The Morgan fingerprint density at radius 3 is 2.44 bits per heavy atom. The minimum atomic E-state index is -4.56. The predicted octanol–water partition coefficient (Wildman–Crippen LogP) is 3.04. The molecule has 15 heteroatoms. The van der Waals surface area contributed by atoms with E-state index in [1.165, 1.54) is 0 Å². The molecule has 0 atom stereocenters. The van der Waals surface area contributed by atoms with Crippen molar-refractivity contribution in [3.63, 3.8) is 0 Å². The van der Waals surface area contributed by atoms with Crippen molar-refractivity contribution < 1.29 is 40.5 Å². The molecular weight excluding hydrogens is 507 g/mol. The van der Waals surface area contributed by atoms with E-state index >= 15 is 0 Å². The van der Waals surface area contributed by atoms with Gasteiger partial charge in [0.05, 0.1) is 16.4 Å². The summed E-state index contributed by atoms with van der Waals surface area (Å²) in [6.45, 7) is -0.176. The second kappa shape index (κ2) is 9.29. The molecule has 190 valence electrons. The molecule has 3 heterocycles. The van der Waals surface area contributed by atoms with Crippen molar-refractivity contribution >= 4 is 15.8 Å². The van der Waals surface area contributed by atoms with E-state index < -0.39 is 27.0 Å². The Labute approximate surface area is 202 Å². The smallest absolute Gasteiger partial charge is 0.419 e. The molecule has 1 saturated carbocycles. The fraction of sp³-hybridized carbons (Fsp3) is 0.333. The standard InChI is InChI=1S/C21H18F3N5O6S/c22-21(23,24)13-8-25-20(26-9-13)33-6-5-32-19-17(12-1-4-15-16(7-12)35-11-34-15)18(27-10-28-19)29-36(30,31)14-2-3-14/h1,4,7-10,14H,2-3,5-6,11H2,(H,27,28,29). The Hall–Kier alpha value is -3.88. The van der Waals surface area contributed by atoms with Gasteiger partial charge in [0, 0.05) is 12.4 Å². The topological polar surface area (TPSA) is 135 Å². The van der Waals surface area contributed by atoms with Crippen LogP contribution in [0.5, 0.6) is 23.4 Å². The number of fused-ring (bicyclic) bond motifs is 1. The van der Waals surface area contributed by atoms with E-state index in [0.29, 0.717) is 42.3 Å². The Bertz CT molecular complexity index is 1370. The number of sulfonamides is 1. The van der Waals surface area contributed by atoms with Gasteiger partial charge in [-0.15, -0.1) is 0 Å². The van der Waals surface area contributed by atoms with Crippen molar-refractivity contribution in [2.45, 2.75) is 24.3 Å². The van der Waals surface area contributed by atoms with Crippen molar-refractivity contribution in [1.29, 1.82) is 0 Å². The molecule has 0 amide bonds. The van der Waals surface area contributed by atoms with Gasteiger partial charge in [-0.25, -0.2) is 28.4 Å². The zero-order valence-electron chi connectivity index (χ0n) is 18.4. The maximum atomic E-state index is 12.6. The van der Waals surface area contributed by atoms with Gasteiger partial charge in [-0.3, -0.25) is 4.72 Å². The highest BCUT2D eigenvalue weighted by Gasteiger charge is 2.37. The average molecular weight is 525 g/mol. The van der Waals surface area contributed by atoms with Crippen LogP contribution in [0.2, 0.25) is 0 Å². The van der Waals surface area contributed by atoms with E-state index in [4.69, 9.17) is 18.9 Å². The van der Waals surface area contributed by atoms with Crippen LogP contribution in [0, 0.1) is 0 Å². The summed E-state index contributed by atoms with van der Waals surface area (Å²) in [5.74, 6) is 1.07. The molecule has 0 saturated heterocycles. The fourth-order valence-corrected chi connectivity index (χ4v) is 4.62. The molecule has 0 bridgehead atoms. The van der Waals surface area contributed by atoms with Crippen LogP contribution >= 0.6 is 0 Å². The Balaban J connectivity index is 1.34. The van der Waals surface area contributed by atoms with Gasteiger partial charge in [-0.2, -0.15) is 13.2 Å². The molecule has 1 N–H and O–H groups in total. The maximum absolute atomic E-state index is 12.6. The lowest BCUT2D eigenvalue weighted by atomic mass is 10.1. The van der Waals surface area contributed by atoms with E-state index in [0.717, 1.165) is 6.33 Å². The van der Waals surface area contributed by atoms with Gasteiger partial charge in [0.2, 0.25) is 22.7 Å². The van der Waals surface area contributed by atoms with Gasteiger partial charge in [-0.05, 0) is 30.5 Å². The Morgan fingerprint density at radius 2 is 1.72 bits per heavy atom. The van der Waals surface area contributed by atoms with Crippen molar-refractivity contribution in [3.05, 3.63) is 42.5 Å². The van der Waals surface area contributed by atoms with Crippen molar-refractivity contribution in [2.75, 3.05) is 24.7 Å². The number of hydrogen-bond donors (Lipinski definition) is 1. The van der Waals surface area contributed by atoms with Gasteiger partial charge in [0.1, 0.15) is 19.5 Å². The van der Waals surface area contributed by atoms with Crippen molar-refractivity contribution in [3.8, 4) is 34.5 Å².